The highest BCUT2D eigenvalue weighted by Crippen LogP contribution is 2.17. The van der Waals surface area contributed by atoms with E-state index in [0.29, 0.717) is 18.3 Å². The maximum Gasteiger partial charge on any atom is 0.191 e. The van der Waals surface area contributed by atoms with E-state index in [9.17, 15) is 4.39 Å². The molecule has 0 radical (unpaired) electrons. The summed E-state index contributed by atoms with van der Waals surface area (Å²) in [5.41, 5.74) is 6.79. The molecular formula is C15H23FIN3O. The van der Waals surface area contributed by atoms with E-state index in [4.69, 9.17) is 10.5 Å². The van der Waals surface area contributed by atoms with Gasteiger partial charge in [0, 0.05) is 19.2 Å². The molecule has 1 heterocycles. The predicted molar refractivity (Wildman–Crippen MR) is 93.7 cm³/mol. The SMILES string of the molecule is COc1cc(F)cc(CN=C(N)N2CCCCCC2)c1.I. The van der Waals surface area contributed by atoms with E-state index in [2.05, 4.69) is 9.89 Å². The quantitative estimate of drug-likeness (QED) is 0.476. The van der Waals surface area contributed by atoms with Crippen LogP contribution in [-0.4, -0.2) is 31.1 Å². The number of aliphatic imine (C=N–C) groups is 1. The third-order valence-corrected chi connectivity index (χ3v) is 3.52. The topological polar surface area (TPSA) is 50.9 Å². The largest absolute Gasteiger partial charge is 0.497 e. The zero-order chi connectivity index (χ0) is 14.4. The van der Waals surface area contributed by atoms with Crippen LogP contribution in [0.5, 0.6) is 5.75 Å². The van der Waals surface area contributed by atoms with Crippen molar-refractivity contribution in [3.63, 3.8) is 0 Å². The number of hydrogen-bond donors (Lipinski definition) is 1. The van der Waals surface area contributed by atoms with Crippen LogP contribution < -0.4 is 10.5 Å². The van der Waals surface area contributed by atoms with E-state index in [0.717, 1.165) is 31.5 Å². The number of rotatable bonds is 3. The molecule has 0 bridgehead atoms. The van der Waals surface area contributed by atoms with Crippen molar-refractivity contribution in [3.05, 3.63) is 29.6 Å². The first-order chi connectivity index (χ1) is 9.69. The van der Waals surface area contributed by atoms with E-state index in [1.165, 1.54) is 32.1 Å². The molecule has 1 saturated heterocycles. The van der Waals surface area contributed by atoms with Crippen LogP contribution in [0.3, 0.4) is 0 Å². The zero-order valence-electron chi connectivity index (χ0n) is 12.3. The number of likely N-dealkylation sites (tertiary alicyclic amines) is 1. The molecule has 118 valence electrons. The highest BCUT2D eigenvalue weighted by Gasteiger charge is 2.10. The second-order valence-electron chi connectivity index (χ2n) is 5.07. The number of halogens is 2. The monoisotopic (exact) mass is 407 g/mol. The number of nitrogens with zero attached hydrogens (tertiary/aromatic N) is 2. The lowest BCUT2D eigenvalue weighted by Crippen LogP contribution is -2.38. The highest BCUT2D eigenvalue weighted by atomic mass is 127. The molecule has 1 aliphatic rings. The Labute approximate surface area is 142 Å². The minimum absolute atomic E-state index is 0. The van der Waals surface area contributed by atoms with Crippen LogP contribution in [0.2, 0.25) is 0 Å². The molecule has 1 aromatic rings. The Morgan fingerprint density at radius 3 is 2.52 bits per heavy atom. The van der Waals surface area contributed by atoms with Gasteiger partial charge in [0.15, 0.2) is 5.96 Å². The minimum atomic E-state index is -0.317. The van der Waals surface area contributed by atoms with Crippen LogP contribution in [-0.2, 0) is 6.54 Å². The Morgan fingerprint density at radius 2 is 1.90 bits per heavy atom. The van der Waals surface area contributed by atoms with Crippen molar-refractivity contribution in [3.8, 4) is 5.75 Å². The lowest BCUT2D eigenvalue weighted by Gasteiger charge is -2.21. The molecule has 0 aliphatic carbocycles. The van der Waals surface area contributed by atoms with E-state index >= 15 is 0 Å². The Morgan fingerprint density at radius 1 is 1.24 bits per heavy atom. The number of guanidine groups is 1. The van der Waals surface area contributed by atoms with Gasteiger partial charge >= 0.3 is 0 Å². The third kappa shape index (κ3) is 5.68. The number of methoxy groups -OCH3 is 1. The summed E-state index contributed by atoms with van der Waals surface area (Å²) in [6, 6.07) is 4.59. The first-order valence-corrected chi connectivity index (χ1v) is 7.07. The molecule has 1 fully saturated rings. The smallest absolute Gasteiger partial charge is 0.191 e. The second kappa shape index (κ2) is 9.07. The molecule has 2 N–H and O–H groups in total. The maximum absolute atomic E-state index is 13.4. The lowest BCUT2D eigenvalue weighted by molar-refractivity contribution is 0.410. The molecule has 6 heteroatoms. The lowest BCUT2D eigenvalue weighted by atomic mass is 10.2. The van der Waals surface area contributed by atoms with Crippen molar-refractivity contribution in [2.45, 2.75) is 32.2 Å². The fourth-order valence-electron chi connectivity index (χ4n) is 2.40. The van der Waals surface area contributed by atoms with Gasteiger partial charge in [-0.1, -0.05) is 12.8 Å². The van der Waals surface area contributed by atoms with Crippen molar-refractivity contribution >= 4 is 29.9 Å². The minimum Gasteiger partial charge on any atom is -0.497 e. The Balaban J connectivity index is 0.00000220. The number of hydrogen-bond acceptors (Lipinski definition) is 2. The molecule has 0 unspecified atom stereocenters. The Bertz CT molecular complexity index is 474. The van der Waals surface area contributed by atoms with E-state index in [1.807, 2.05) is 0 Å². The van der Waals surface area contributed by atoms with E-state index < -0.39 is 0 Å². The van der Waals surface area contributed by atoms with Crippen molar-refractivity contribution in [2.75, 3.05) is 20.2 Å². The van der Waals surface area contributed by atoms with Crippen molar-refractivity contribution < 1.29 is 9.13 Å². The fraction of sp³-hybridized carbons (Fsp3) is 0.533. The van der Waals surface area contributed by atoms with Gasteiger partial charge in [0.05, 0.1) is 13.7 Å². The summed E-state index contributed by atoms with van der Waals surface area (Å²) in [5, 5.41) is 0. The summed E-state index contributed by atoms with van der Waals surface area (Å²) in [6.07, 6.45) is 4.82. The Hall–Kier alpha value is -1.05. The maximum atomic E-state index is 13.4. The third-order valence-electron chi connectivity index (χ3n) is 3.52. The molecule has 0 saturated carbocycles. The standard InChI is InChI=1S/C15H22FN3O.HI/c1-20-14-9-12(8-13(16)10-14)11-18-15(17)19-6-4-2-3-5-7-19;/h8-10H,2-7,11H2,1H3,(H2,17,18);1H. The van der Waals surface area contributed by atoms with Gasteiger partial charge in [-0.05, 0) is 30.5 Å². The Kier molecular flexibility index (Phi) is 7.77. The predicted octanol–water partition coefficient (Wildman–Crippen LogP) is 3.14. The summed E-state index contributed by atoms with van der Waals surface area (Å²) in [4.78, 5) is 6.49. The average molecular weight is 407 g/mol. The summed E-state index contributed by atoms with van der Waals surface area (Å²) in [7, 11) is 1.52. The molecule has 0 amide bonds. The molecule has 1 aliphatic heterocycles. The molecule has 0 spiro atoms. The van der Waals surface area contributed by atoms with Crippen LogP contribution >= 0.6 is 24.0 Å². The summed E-state index contributed by atoms with van der Waals surface area (Å²) in [6.45, 7) is 2.29. The molecular weight excluding hydrogens is 384 g/mol. The van der Waals surface area contributed by atoms with Crippen molar-refractivity contribution in [1.82, 2.24) is 4.90 Å². The normalized spacial score (nSPS) is 16.1. The van der Waals surface area contributed by atoms with Crippen LogP contribution in [0.4, 0.5) is 4.39 Å². The highest BCUT2D eigenvalue weighted by molar-refractivity contribution is 14.0. The van der Waals surface area contributed by atoms with Crippen LogP contribution in [0.15, 0.2) is 23.2 Å². The first kappa shape index (κ1) is 18.0. The fourth-order valence-corrected chi connectivity index (χ4v) is 2.40. The van der Waals surface area contributed by atoms with Crippen LogP contribution in [0.1, 0.15) is 31.2 Å². The molecule has 21 heavy (non-hydrogen) atoms. The van der Waals surface area contributed by atoms with Gasteiger partial charge in [-0.2, -0.15) is 0 Å². The van der Waals surface area contributed by atoms with Crippen LogP contribution in [0, 0.1) is 5.82 Å². The van der Waals surface area contributed by atoms with Gasteiger partial charge in [0.2, 0.25) is 0 Å². The number of benzene rings is 1. The molecule has 2 rings (SSSR count). The molecule has 4 nitrogen and oxygen atoms in total. The zero-order valence-corrected chi connectivity index (χ0v) is 14.7. The van der Waals surface area contributed by atoms with Crippen molar-refractivity contribution in [2.24, 2.45) is 10.7 Å². The van der Waals surface area contributed by atoms with Crippen molar-refractivity contribution in [1.29, 1.82) is 0 Å². The van der Waals surface area contributed by atoms with Gasteiger partial charge in [0.25, 0.3) is 0 Å². The molecule has 0 atom stereocenters. The number of ether oxygens (including phenoxy) is 1. The summed E-state index contributed by atoms with van der Waals surface area (Å²) in [5.74, 6) is 0.738. The van der Waals surface area contributed by atoms with E-state index in [1.54, 1.807) is 6.07 Å². The van der Waals surface area contributed by atoms with Gasteiger partial charge < -0.3 is 15.4 Å². The summed E-state index contributed by atoms with van der Waals surface area (Å²) < 4.78 is 18.4. The van der Waals surface area contributed by atoms with Gasteiger partial charge in [-0.25, -0.2) is 9.38 Å². The van der Waals surface area contributed by atoms with Gasteiger partial charge in [0.1, 0.15) is 11.6 Å². The van der Waals surface area contributed by atoms with Gasteiger partial charge in [-0.15, -0.1) is 24.0 Å². The second-order valence-corrected chi connectivity index (χ2v) is 5.07. The molecule has 1 aromatic carbocycles. The average Bonchev–Trinajstić information content (AvgIpc) is 2.73. The number of nitrogens with two attached hydrogens (primary N) is 1. The summed E-state index contributed by atoms with van der Waals surface area (Å²) >= 11 is 0. The van der Waals surface area contributed by atoms with Crippen LogP contribution in [0.25, 0.3) is 0 Å². The van der Waals surface area contributed by atoms with Gasteiger partial charge in [-0.3, -0.25) is 0 Å². The van der Waals surface area contributed by atoms with E-state index in [-0.39, 0.29) is 29.8 Å². The first-order valence-electron chi connectivity index (χ1n) is 7.07. The molecule has 0 aromatic heterocycles.